The molecule has 0 amide bonds. The van der Waals surface area contributed by atoms with E-state index in [0.717, 1.165) is 71.8 Å². The number of fused-ring (bicyclic) bond motifs is 6. The lowest BCUT2D eigenvalue weighted by Gasteiger charge is -2.18. The number of para-hydroxylation sites is 1. The van der Waals surface area contributed by atoms with Crippen LogP contribution in [0.3, 0.4) is 0 Å². The van der Waals surface area contributed by atoms with Crippen molar-refractivity contribution >= 4 is 44.0 Å². The van der Waals surface area contributed by atoms with Crippen LogP contribution in [0.5, 0.6) is 0 Å². The fraction of sp³-hybridized carbons (Fsp3) is 0. The summed E-state index contributed by atoms with van der Waals surface area (Å²) >= 11 is 0. The number of rotatable bonds is 4. The lowest BCUT2D eigenvalue weighted by atomic mass is 9.86. The van der Waals surface area contributed by atoms with Crippen LogP contribution in [-0.2, 0) is 0 Å². The van der Waals surface area contributed by atoms with Gasteiger partial charge in [0.05, 0.1) is 11.0 Å². The van der Waals surface area contributed by atoms with Gasteiger partial charge in [0.2, 0.25) is 0 Å². The van der Waals surface area contributed by atoms with Crippen molar-refractivity contribution in [3.63, 3.8) is 0 Å². The summed E-state index contributed by atoms with van der Waals surface area (Å²) in [5.74, 6) is 0. The second-order valence-corrected chi connectivity index (χ2v) is 11.3. The lowest BCUT2D eigenvalue weighted by molar-refractivity contribution is 0.657. The Morgan fingerprint density at radius 1 is 0.356 bits per heavy atom. The van der Waals surface area contributed by atoms with E-state index >= 15 is 0 Å². The number of aromatic nitrogens is 2. The first-order valence-corrected chi connectivity index (χ1v) is 15.2. The Hall–Kier alpha value is -6.06. The van der Waals surface area contributed by atoms with Crippen LogP contribution in [0.4, 0.5) is 0 Å². The van der Waals surface area contributed by atoms with Gasteiger partial charge in [-0.25, -0.2) is 9.97 Å². The first-order valence-electron chi connectivity index (χ1n) is 15.2. The quantitative estimate of drug-likeness (QED) is 0.196. The third-order valence-electron chi connectivity index (χ3n) is 8.70. The molecule has 0 atom stereocenters. The van der Waals surface area contributed by atoms with E-state index in [-0.39, 0.29) is 0 Å². The maximum Gasteiger partial charge on any atom is 0.153 e. The summed E-state index contributed by atoms with van der Waals surface area (Å²) in [6, 6.07) is 54.9. The fourth-order valence-electron chi connectivity index (χ4n) is 6.68. The second-order valence-electron chi connectivity index (χ2n) is 11.3. The molecule has 45 heavy (non-hydrogen) atoms. The second kappa shape index (κ2) is 10.3. The van der Waals surface area contributed by atoms with Gasteiger partial charge < -0.3 is 4.42 Å². The normalized spacial score (nSPS) is 11.6. The van der Waals surface area contributed by atoms with Crippen molar-refractivity contribution in [2.45, 2.75) is 0 Å². The molecule has 0 bridgehead atoms. The van der Waals surface area contributed by atoms with E-state index in [2.05, 4.69) is 140 Å². The highest BCUT2D eigenvalue weighted by Crippen LogP contribution is 2.45. The molecule has 2 aromatic heterocycles. The molecule has 0 aliphatic heterocycles. The molecule has 9 rings (SSSR count). The van der Waals surface area contributed by atoms with Gasteiger partial charge in [-0.2, -0.15) is 0 Å². The zero-order valence-corrected chi connectivity index (χ0v) is 24.3. The van der Waals surface area contributed by atoms with E-state index in [1.807, 2.05) is 18.2 Å². The van der Waals surface area contributed by atoms with Crippen molar-refractivity contribution in [3.8, 4) is 44.5 Å². The highest BCUT2D eigenvalue weighted by Gasteiger charge is 2.21. The van der Waals surface area contributed by atoms with Gasteiger partial charge in [0, 0.05) is 16.3 Å². The molecular weight excluding hydrogens is 548 g/mol. The van der Waals surface area contributed by atoms with E-state index in [9.17, 15) is 0 Å². The number of benzene rings is 7. The maximum atomic E-state index is 6.67. The molecule has 9 aromatic rings. The van der Waals surface area contributed by atoms with Crippen molar-refractivity contribution in [2.24, 2.45) is 0 Å². The van der Waals surface area contributed by atoms with Gasteiger partial charge in [-0.1, -0.05) is 127 Å². The predicted octanol–water partition coefficient (Wildman–Crippen LogP) is 11.4. The van der Waals surface area contributed by atoms with Crippen LogP contribution in [0.15, 0.2) is 162 Å². The lowest BCUT2D eigenvalue weighted by Crippen LogP contribution is -1.95. The van der Waals surface area contributed by atoms with Crippen LogP contribution in [0.25, 0.3) is 88.5 Å². The topological polar surface area (TPSA) is 38.9 Å². The molecule has 0 aliphatic carbocycles. The molecule has 0 spiro atoms. The molecule has 3 heteroatoms. The largest absolute Gasteiger partial charge is 0.453 e. The first-order chi connectivity index (χ1) is 22.3. The summed E-state index contributed by atoms with van der Waals surface area (Å²) in [5.41, 5.74) is 14.1. The minimum atomic E-state index is 0.742. The minimum Gasteiger partial charge on any atom is -0.453 e. The Morgan fingerprint density at radius 3 is 1.67 bits per heavy atom. The summed E-state index contributed by atoms with van der Waals surface area (Å²) in [5, 5.41) is 2.10. The van der Waals surface area contributed by atoms with Gasteiger partial charge >= 0.3 is 0 Å². The van der Waals surface area contributed by atoms with Gasteiger partial charge in [0.25, 0.3) is 0 Å². The summed E-state index contributed by atoms with van der Waals surface area (Å²) < 4.78 is 6.67. The molecular formula is C42H26N2O. The summed E-state index contributed by atoms with van der Waals surface area (Å²) in [6.45, 7) is 0. The average molecular weight is 575 g/mol. The highest BCUT2D eigenvalue weighted by molar-refractivity contribution is 6.19. The van der Waals surface area contributed by atoms with Crippen LogP contribution in [-0.4, -0.2) is 9.97 Å². The van der Waals surface area contributed by atoms with Crippen LogP contribution < -0.4 is 0 Å². The van der Waals surface area contributed by atoms with Crippen molar-refractivity contribution in [1.29, 1.82) is 0 Å². The maximum absolute atomic E-state index is 6.67. The van der Waals surface area contributed by atoms with Crippen LogP contribution in [0.2, 0.25) is 0 Å². The monoisotopic (exact) mass is 574 g/mol. The molecule has 0 saturated heterocycles. The van der Waals surface area contributed by atoms with E-state index in [1.165, 1.54) is 16.7 Å². The van der Waals surface area contributed by atoms with Gasteiger partial charge in [-0.05, 0) is 69.3 Å². The molecule has 7 aromatic carbocycles. The standard InChI is InChI=1S/C42H26N2O/c1-3-13-27(14-4-1)29-17-7-8-18-31(29)32-19-9-10-20-33(32)39-30(28-15-5-2-6-16-28)23-25-37-41(39)44-42-38(45-37)26-24-36-40(42)34-21-11-12-22-35(34)43-36/h1-26H. The Morgan fingerprint density at radius 2 is 0.911 bits per heavy atom. The van der Waals surface area contributed by atoms with E-state index in [0.29, 0.717) is 0 Å². The Balaban J connectivity index is 1.41. The molecule has 0 aliphatic rings. The van der Waals surface area contributed by atoms with E-state index in [4.69, 9.17) is 14.4 Å². The van der Waals surface area contributed by atoms with Gasteiger partial charge in [0.15, 0.2) is 11.2 Å². The van der Waals surface area contributed by atoms with Crippen molar-refractivity contribution in [2.75, 3.05) is 0 Å². The third-order valence-corrected chi connectivity index (χ3v) is 8.70. The van der Waals surface area contributed by atoms with E-state index in [1.54, 1.807) is 0 Å². The fourth-order valence-corrected chi connectivity index (χ4v) is 6.68. The minimum absolute atomic E-state index is 0.742. The first kappa shape index (κ1) is 25.4. The molecule has 3 nitrogen and oxygen atoms in total. The molecule has 0 radical (unpaired) electrons. The Bertz CT molecular complexity index is 2530. The molecule has 0 unspecified atom stereocenters. The highest BCUT2D eigenvalue weighted by atomic mass is 16.3. The van der Waals surface area contributed by atoms with Crippen LogP contribution >= 0.6 is 0 Å². The van der Waals surface area contributed by atoms with Gasteiger partial charge in [-0.15, -0.1) is 0 Å². The molecule has 210 valence electrons. The Labute approximate surface area is 260 Å². The third kappa shape index (κ3) is 4.13. The number of nitrogens with zero attached hydrogens (tertiary/aromatic N) is 2. The van der Waals surface area contributed by atoms with Gasteiger partial charge in [0.1, 0.15) is 11.0 Å². The predicted molar refractivity (Wildman–Crippen MR) is 186 cm³/mol. The van der Waals surface area contributed by atoms with Crippen LogP contribution in [0.1, 0.15) is 0 Å². The van der Waals surface area contributed by atoms with Gasteiger partial charge in [-0.3, -0.25) is 0 Å². The Kier molecular flexibility index (Phi) is 5.82. The average Bonchev–Trinajstić information content (AvgIpc) is 3.50. The SMILES string of the molecule is c1ccc(-c2ccccc2-c2ccccc2-c2c(-c3ccccc3)ccc3oc4ccc5nc6ccccc6c5c4nc23)cc1. The van der Waals surface area contributed by atoms with Crippen molar-refractivity contribution < 1.29 is 4.42 Å². The summed E-state index contributed by atoms with van der Waals surface area (Å²) in [6.07, 6.45) is 0. The van der Waals surface area contributed by atoms with Crippen molar-refractivity contribution in [1.82, 2.24) is 9.97 Å². The summed E-state index contributed by atoms with van der Waals surface area (Å²) in [7, 11) is 0. The zero-order valence-electron chi connectivity index (χ0n) is 24.3. The van der Waals surface area contributed by atoms with Crippen LogP contribution in [0, 0.1) is 0 Å². The number of hydrogen-bond acceptors (Lipinski definition) is 3. The molecule has 0 N–H and O–H groups in total. The smallest absolute Gasteiger partial charge is 0.153 e. The molecule has 2 heterocycles. The number of hydrogen-bond donors (Lipinski definition) is 0. The molecule has 0 fully saturated rings. The van der Waals surface area contributed by atoms with Crippen molar-refractivity contribution in [3.05, 3.63) is 158 Å². The zero-order chi connectivity index (χ0) is 29.7. The molecule has 0 saturated carbocycles. The summed E-state index contributed by atoms with van der Waals surface area (Å²) in [4.78, 5) is 10.4. The van der Waals surface area contributed by atoms with E-state index < -0.39 is 0 Å².